The van der Waals surface area contributed by atoms with E-state index in [-0.39, 0.29) is 12.1 Å². The fourth-order valence-corrected chi connectivity index (χ4v) is 2.30. The van der Waals surface area contributed by atoms with Gasteiger partial charge in [0.1, 0.15) is 0 Å². The molecule has 0 aliphatic heterocycles. The maximum absolute atomic E-state index is 13.0. The van der Waals surface area contributed by atoms with Crippen molar-refractivity contribution in [2.75, 3.05) is 5.32 Å². The van der Waals surface area contributed by atoms with Gasteiger partial charge >= 0.3 is 6.18 Å². The van der Waals surface area contributed by atoms with E-state index in [0.29, 0.717) is 11.5 Å². The summed E-state index contributed by atoms with van der Waals surface area (Å²) in [7, 11) is 0. The molecule has 0 spiro atoms. The van der Waals surface area contributed by atoms with E-state index in [1.54, 1.807) is 6.07 Å². The molecule has 0 radical (unpaired) electrons. The first-order chi connectivity index (χ1) is 11.4. The number of alkyl halides is 3. The van der Waals surface area contributed by atoms with Crippen molar-refractivity contribution in [3.63, 3.8) is 0 Å². The average molecular weight is 333 g/mol. The van der Waals surface area contributed by atoms with Gasteiger partial charge in [-0.25, -0.2) is 0 Å². The van der Waals surface area contributed by atoms with Crippen molar-refractivity contribution in [2.24, 2.45) is 0 Å². The summed E-state index contributed by atoms with van der Waals surface area (Å²) in [6.45, 7) is 1.63. The summed E-state index contributed by atoms with van der Waals surface area (Å²) in [5.74, 6) is 0.496. The van der Waals surface area contributed by atoms with Crippen LogP contribution in [0, 0.1) is 6.92 Å². The standard InChI is InChI=1S/C16H14F3N5/c1-11-7-8-12(9-14(11)16(17,18)19)20-10-15-21-22-23-24(15)13-5-3-2-4-6-13/h2-9,20H,10H2,1H3. The van der Waals surface area contributed by atoms with Gasteiger partial charge in [0.25, 0.3) is 0 Å². The Bertz CT molecular complexity index is 827. The fourth-order valence-electron chi connectivity index (χ4n) is 2.30. The van der Waals surface area contributed by atoms with Gasteiger partial charge in [0.05, 0.1) is 17.8 Å². The molecule has 0 bridgehead atoms. The van der Waals surface area contributed by atoms with Crippen LogP contribution in [0.4, 0.5) is 18.9 Å². The summed E-state index contributed by atoms with van der Waals surface area (Å²) >= 11 is 0. The number of anilines is 1. The smallest absolute Gasteiger partial charge is 0.378 e. The van der Waals surface area contributed by atoms with Crippen LogP contribution >= 0.6 is 0 Å². The van der Waals surface area contributed by atoms with Gasteiger partial charge in [-0.2, -0.15) is 17.9 Å². The third-order valence-corrected chi connectivity index (χ3v) is 3.53. The molecule has 5 nitrogen and oxygen atoms in total. The van der Waals surface area contributed by atoms with Crippen LogP contribution in [0.2, 0.25) is 0 Å². The van der Waals surface area contributed by atoms with Crippen LogP contribution in [0.3, 0.4) is 0 Å². The van der Waals surface area contributed by atoms with Gasteiger partial charge in [0.2, 0.25) is 0 Å². The van der Waals surface area contributed by atoms with Crippen LogP contribution in [-0.2, 0) is 12.7 Å². The summed E-state index contributed by atoms with van der Waals surface area (Å²) in [6, 6.07) is 13.4. The second-order valence-electron chi connectivity index (χ2n) is 5.22. The van der Waals surface area contributed by atoms with E-state index in [1.807, 2.05) is 30.3 Å². The van der Waals surface area contributed by atoms with Crippen molar-refractivity contribution in [1.82, 2.24) is 20.2 Å². The molecule has 124 valence electrons. The first-order valence-electron chi connectivity index (χ1n) is 7.19. The van der Waals surface area contributed by atoms with E-state index >= 15 is 0 Å². The Morgan fingerprint density at radius 2 is 1.83 bits per heavy atom. The first-order valence-corrected chi connectivity index (χ1v) is 7.19. The molecule has 0 unspecified atom stereocenters. The minimum absolute atomic E-state index is 0.183. The number of benzene rings is 2. The number of aromatic nitrogens is 4. The molecular weight excluding hydrogens is 319 g/mol. The van der Waals surface area contributed by atoms with Gasteiger partial charge in [-0.15, -0.1) is 5.10 Å². The second-order valence-corrected chi connectivity index (χ2v) is 5.22. The van der Waals surface area contributed by atoms with E-state index in [2.05, 4.69) is 20.8 Å². The molecule has 24 heavy (non-hydrogen) atoms. The number of nitrogens with one attached hydrogen (secondary N) is 1. The maximum atomic E-state index is 13.0. The van der Waals surface area contributed by atoms with Gasteiger partial charge < -0.3 is 5.32 Å². The van der Waals surface area contributed by atoms with Crippen LogP contribution in [0.5, 0.6) is 0 Å². The van der Waals surface area contributed by atoms with Crippen molar-refractivity contribution in [1.29, 1.82) is 0 Å². The minimum atomic E-state index is -4.38. The molecule has 0 aliphatic rings. The highest BCUT2D eigenvalue weighted by atomic mass is 19.4. The lowest BCUT2D eigenvalue weighted by Crippen LogP contribution is -2.11. The van der Waals surface area contributed by atoms with Crippen LogP contribution in [0.1, 0.15) is 17.0 Å². The summed E-state index contributed by atoms with van der Waals surface area (Å²) in [5, 5.41) is 14.4. The fraction of sp³-hybridized carbons (Fsp3) is 0.188. The summed E-state index contributed by atoms with van der Waals surface area (Å²) in [6.07, 6.45) is -4.38. The Balaban J connectivity index is 1.79. The minimum Gasteiger partial charge on any atom is -0.378 e. The molecular formula is C16H14F3N5. The Kier molecular flexibility index (Phi) is 4.20. The summed E-state index contributed by atoms with van der Waals surface area (Å²) < 4.78 is 40.4. The zero-order valence-electron chi connectivity index (χ0n) is 12.7. The molecule has 1 N–H and O–H groups in total. The average Bonchev–Trinajstić information content (AvgIpc) is 3.02. The first kappa shape index (κ1) is 16.0. The molecule has 2 aromatic carbocycles. The van der Waals surface area contributed by atoms with Gasteiger partial charge in [-0.1, -0.05) is 24.3 Å². The van der Waals surface area contributed by atoms with E-state index in [1.165, 1.54) is 17.7 Å². The van der Waals surface area contributed by atoms with Gasteiger partial charge in [0, 0.05) is 5.69 Å². The molecule has 0 saturated heterocycles. The Morgan fingerprint density at radius 1 is 1.08 bits per heavy atom. The number of hydrogen-bond acceptors (Lipinski definition) is 4. The molecule has 3 rings (SSSR count). The summed E-state index contributed by atoms with van der Waals surface area (Å²) in [5.41, 5.74) is 0.659. The normalized spacial score (nSPS) is 11.5. The Morgan fingerprint density at radius 3 is 2.54 bits per heavy atom. The van der Waals surface area contributed by atoms with Crippen LogP contribution in [-0.4, -0.2) is 20.2 Å². The molecule has 0 aliphatic carbocycles. The third kappa shape index (κ3) is 3.37. The van der Waals surface area contributed by atoms with Gasteiger partial charge in [-0.3, -0.25) is 0 Å². The van der Waals surface area contributed by atoms with E-state index in [4.69, 9.17) is 0 Å². The van der Waals surface area contributed by atoms with Crippen molar-refractivity contribution in [3.05, 3.63) is 65.5 Å². The quantitative estimate of drug-likeness (QED) is 0.792. The van der Waals surface area contributed by atoms with Crippen molar-refractivity contribution < 1.29 is 13.2 Å². The molecule has 1 heterocycles. The van der Waals surface area contributed by atoms with Gasteiger partial charge in [0.15, 0.2) is 5.82 Å². The number of tetrazole rings is 1. The number of hydrogen-bond donors (Lipinski definition) is 1. The highest BCUT2D eigenvalue weighted by Gasteiger charge is 2.32. The second kappa shape index (κ2) is 6.31. The number of nitrogens with zero attached hydrogens (tertiary/aromatic N) is 4. The molecule has 0 saturated carbocycles. The van der Waals surface area contributed by atoms with Crippen LogP contribution in [0.25, 0.3) is 5.69 Å². The third-order valence-electron chi connectivity index (χ3n) is 3.53. The maximum Gasteiger partial charge on any atom is 0.416 e. The zero-order valence-corrected chi connectivity index (χ0v) is 12.7. The van der Waals surface area contributed by atoms with Crippen LogP contribution < -0.4 is 5.32 Å². The highest BCUT2D eigenvalue weighted by molar-refractivity contribution is 5.49. The van der Waals surface area contributed by atoms with Crippen molar-refractivity contribution >= 4 is 5.69 Å². The van der Waals surface area contributed by atoms with Gasteiger partial charge in [-0.05, 0) is 47.2 Å². The SMILES string of the molecule is Cc1ccc(NCc2nnnn2-c2ccccc2)cc1C(F)(F)F. The lowest BCUT2D eigenvalue weighted by molar-refractivity contribution is -0.138. The van der Waals surface area contributed by atoms with E-state index < -0.39 is 11.7 Å². The van der Waals surface area contributed by atoms with Crippen molar-refractivity contribution in [3.8, 4) is 5.69 Å². The lowest BCUT2D eigenvalue weighted by Gasteiger charge is -2.13. The van der Waals surface area contributed by atoms with Crippen molar-refractivity contribution in [2.45, 2.75) is 19.6 Å². The summed E-state index contributed by atoms with van der Waals surface area (Å²) in [4.78, 5) is 0. The van der Waals surface area contributed by atoms with E-state index in [0.717, 1.165) is 11.8 Å². The molecule has 0 fully saturated rings. The monoisotopic (exact) mass is 333 g/mol. The number of rotatable bonds is 4. The number of halogens is 3. The van der Waals surface area contributed by atoms with Crippen LogP contribution in [0.15, 0.2) is 48.5 Å². The molecule has 0 atom stereocenters. The molecule has 8 heteroatoms. The highest BCUT2D eigenvalue weighted by Crippen LogP contribution is 2.33. The molecule has 3 aromatic rings. The largest absolute Gasteiger partial charge is 0.416 e. The Labute approximate surface area is 136 Å². The van der Waals surface area contributed by atoms with E-state index in [9.17, 15) is 13.2 Å². The molecule has 1 aromatic heterocycles. The number of para-hydroxylation sites is 1. The zero-order chi connectivity index (χ0) is 17.2. The lowest BCUT2D eigenvalue weighted by atomic mass is 10.1. The predicted molar refractivity (Wildman–Crippen MR) is 82.7 cm³/mol. The Hall–Kier alpha value is -2.90. The predicted octanol–water partition coefficient (Wildman–Crippen LogP) is 3.60. The topological polar surface area (TPSA) is 55.6 Å². The molecule has 0 amide bonds. The number of aryl methyl sites for hydroxylation is 1.